The van der Waals surface area contributed by atoms with Gasteiger partial charge in [0, 0.05) is 31.9 Å². The summed E-state index contributed by atoms with van der Waals surface area (Å²) in [5, 5.41) is 5.43. The number of hydrogen-bond donors (Lipinski definition) is 2. The molecule has 4 aromatic rings. The first-order valence-electron chi connectivity index (χ1n) is 20.8. The average molecular weight is 933 g/mol. The normalized spacial score (nSPS) is 15.3. The Balaban J connectivity index is 0.000000216. The molecule has 0 radical (unpaired) electrons. The fourth-order valence-electron chi connectivity index (χ4n) is 7.80. The molecule has 346 valence electrons. The minimum Gasteiger partial charge on any atom is -0.493 e. The summed E-state index contributed by atoms with van der Waals surface area (Å²) in [4.78, 5) is 66.5. The molecule has 2 unspecified atom stereocenters. The van der Waals surface area contributed by atoms with Gasteiger partial charge in [-0.2, -0.15) is 0 Å². The number of fused-ring (bicyclic) bond motifs is 2. The van der Waals surface area contributed by atoms with Crippen molar-refractivity contribution in [1.82, 2.24) is 9.80 Å². The molecule has 2 N–H and O–H groups in total. The van der Waals surface area contributed by atoms with Crippen molar-refractivity contribution in [2.24, 2.45) is 5.92 Å². The number of amides is 5. The molecule has 0 spiro atoms. The molecule has 0 bridgehead atoms. The molecule has 0 aromatic heterocycles. The summed E-state index contributed by atoms with van der Waals surface area (Å²) in [6.07, 6.45) is 3.91. The van der Waals surface area contributed by atoms with E-state index in [1.807, 2.05) is 13.0 Å². The smallest absolute Gasteiger partial charge is 0.264 e. The Morgan fingerprint density at radius 1 is 0.677 bits per heavy atom. The van der Waals surface area contributed by atoms with Gasteiger partial charge in [-0.25, -0.2) is 16.8 Å². The highest BCUT2D eigenvalue weighted by atomic mass is 32.2. The zero-order valence-electron chi connectivity index (χ0n) is 37.1. The second-order valence-electron chi connectivity index (χ2n) is 15.8. The van der Waals surface area contributed by atoms with Gasteiger partial charge in [-0.05, 0) is 85.8 Å². The maximum Gasteiger partial charge on any atom is 0.264 e. The summed E-state index contributed by atoms with van der Waals surface area (Å²) in [6.45, 7) is 5.92. The quantitative estimate of drug-likeness (QED) is 0.123. The standard InChI is InChI=1S/C24H28N2O6S.C22H24N2O7S/c1-4-32-21-12-16(10-11-20(21)31-2)19(14-33(3,29)30)26-13-17-6-5-7-18(22(17)24(26)28)25-23(27)15-8-9-15;1-5-31-19-11-14(9-10-18(19)30-3)17(12-32(4,28)29)24-21(26)15-7-6-8-16(23-13(2)25)20(15)22(24)27/h5-7,10-12,15,19H,4,8-9,13-14H2,1-3H3,(H,25,27);6-11,17H,5,12H2,1-4H3,(H,23,25). The van der Waals surface area contributed by atoms with Crippen molar-refractivity contribution in [1.29, 1.82) is 0 Å². The van der Waals surface area contributed by atoms with Crippen LogP contribution in [0.3, 0.4) is 0 Å². The predicted molar refractivity (Wildman–Crippen MR) is 242 cm³/mol. The highest BCUT2D eigenvalue weighted by molar-refractivity contribution is 7.90. The van der Waals surface area contributed by atoms with Crippen molar-refractivity contribution in [3.63, 3.8) is 0 Å². The summed E-state index contributed by atoms with van der Waals surface area (Å²) in [5.41, 5.74) is 3.00. The molecular weight excluding hydrogens is 881 g/mol. The van der Waals surface area contributed by atoms with Crippen molar-refractivity contribution in [2.75, 3.05) is 62.1 Å². The monoisotopic (exact) mass is 932 g/mol. The highest BCUT2D eigenvalue weighted by Crippen LogP contribution is 2.41. The molecule has 1 aliphatic carbocycles. The lowest BCUT2D eigenvalue weighted by atomic mass is 10.1. The largest absolute Gasteiger partial charge is 0.493 e. The van der Waals surface area contributed by atoms with Crippen molar-refractivity contribution in [2.45, 2.75) is 52.2 Å². The van der Waals surface area contributed by atoms with E-state index in [1.165, 1.54) is 33.3 Å². The molecule has 0 saturated heterocycles. The molecular formula is C46H52N4O13S2. The number of rotatable bonds is 17. The van der Waals surface area contributed by atoms with Gasteiger partial charge in [0.25, 0.3) is 17.7 Å². The van der Waals surface area contributed by atoms with Crippen LogP contribution in [0.2, 0.25) is 0 Å². The van der Waals surface area contributed by atoms with Gasteiger partial charge < -0.3 is 34.5 Å². The molecule has 1 fully saturated rings. The number of benzene rings is 4. The van der Waals surface area contributed by atoms with Crippen LogP contribution in [0.1, 0.15) is 93.5 Å². The fourth-order valence-corrected chi connectivity index (χ4v) is 9.66. The van der Waals surface area contributed by atoms with Gasteiger partial charge in [0.15, 0.2) is 23.0 Å². The van der Waals surface area contributed by atoms with E-state index in [4.69, 9.17) is 18.9 Å². The molecule has 65 heavy (non-hydrogen) atoms. The predicted octanol–water partition coefficient (Wildman–Crippen LogP) is 5.62. The van der Waals surface area contributed by atoms with E-state index in [0.29, 0.717) is 58.6 Å². The Labute approximate surface area is 378 Å². The van der Waals surface area contributed by atoms with Crippen LogP contribution in [-0.4, -0.2) is 108 Å². The summed E-state index contributed by atoms with van der Waals surface area (Å²) < 4.78 is 71.0. The number of anilines is 2. The fraction of sp³-hybridized carbons (Fsp3) is 0.370. The molecule has 2 atom stereocenters. The first kappa shape index (κ1) is 48.0. The zero-order valence-corrected chi connectivity index (χ0v) is 38.8. The van der Waals surface area contributed by atoms with Gasteiger partial charge in [0.1, 0.15) is 19.7 Å². The Morgan fingerprint density at radius 3 is 1.71 bits per heavy atom. The number of nitrogens with zero attached hydrogens (tertiary/aromatic N) is 2. The maximum atomic E-state index is 13.5. The lowest BCUT2D eigenvalue weighted by Gasteiger charge is -2.28. The highest BCUT2D eigenvalue weighted by Gasteiger charge is 2.44. The lowest BCUT2D eigenvalue weighted by molar-refractivity contribution is -0.117. The zero-order chi connectivity index (χ0) is 47.4. The van der Waals surface area contributed by atoms with E-state index < -0.39 is 55.2 Å². The molecule has 4 aromatic carbocycles. The second-order valence-corrected chi connectivity index (χ2v) is 20.2. The number of nitrogens with one attached hydrogen (secondary N) is 2. The molecule has 7 rings (SSSR count). The third-order valence-corrected chi connectivity index (χ3v) is 12.6. The number of sulfone groups is 2. The van der Waals surface area contributed by atoms with Crippen molar-refractivity contribution in [3.05, 3.63) is 106 Å². The van der Waals surface area contributed by atoms with Crippen LogP contribution in [0.5, 0.6) is 23.0 Å². The van der Waals surface area contributed by atoms with E-state index >= 15 is 0 Å². The third kappa shape index (κ3) is 11.1. The molecule has 2 aliphatic heterocycles. The first-order chi connectivity index (χ1) is 30.8. The Hall–Kier alpha value is -6.47. The molecule has 17 nitrogen and oxygen atoms in total. The first-order valence-corrected chi connectivity index (χ1v) is 24.9. The van der Waals surface area contributed by atoms with Gasteiger partial charge in [0.2, 0.25) is 11.8 Å². The molecule has 5 amide bonds. The van der Waals surface area contributed by atoms with E-state index in [-0.39, 0.29) is 46.8 Å². The SMILES string of the molecule is CCOc1cc(C(CS(C)(=O)=O)N2C(=O)c3cccc(NC(C)=O)c3C2=O)ccc1OC.CCOc1cc(C(CS(C)(=O)=O)N2Cc3cccc(NC(=O)C4CC4)c3C2=O)ccc1OC. The van der Waals surface area contributed by atoms with Gasteiger partial charge in [-0.3, -0.25) is 28.9 Å². The number of imide groups is 1. The van der Waals surface area contributed by atoms with Gasteiger partial charge >= 0.3 is 0 Å². The molecule has 19 heteroatoms. The van der Waals surface area contributed by atoms with Crippen molar-refractivity contribution >= 4 is 60.6 Å². The van der Waals surface area contributed by atoms with Crippen LogP contribution in [0.4, 0.5) is 11.4 Å². The van der Waals surface area contributed by atoms with Gasteiger partial charge in [-0.15, -0.1) is 0 Å². The van der Waals surface area contributed by atoms with Crippen LogP contribution in [-0.2, 0) is 35.8 Å². The summed E-state index contributed by atoms with van der Waals surface area (Å²) >= 11 is 0. The number of ether oxygens (including phenoxy) is 4. The number of carbonyl (C=O) groups is 5. The third-order valence-electron chi connectivity index (χ3n) is 10.8. The number of carbonyl (C=O) groups excluding carboxylic acids is 5. The summed E-state index contributed by atoms with van der Waals surface area (Å²) in [7, 11) is -4.03. The molecule has 2 heterocycles. The van der Waals surface area contributed by atoms with Crippen molar-refractivity contribution < 1.29 is 59.8 Å². The Morgan fingerprint density at radius 2 is 1.20 bits per heavy atom. The molecule has 1 saturated carbocycles. The van der Waals surface area contributed by atoms with E-state index in [1.54, 1.807) is 66.4 Å². The number of hydrogen-bond acceptors (Lipinski definition) is 13. The second kappa shape index (κ2) is 19.7. The van der Waals surface area contributed by atoms with Crippen LogP contribution in [0.25, 0.3) is 0 Å². The number of methoxy groups -OCH3 is 2. The molecule has 3 aliphatic rings. The summed E-state index contributed by atoms with van der Waals surface area (Å²) in [5.74, 6) is -1.03. The van der Waals surface area contributed by atoms with Crippen molar-refractivity contribution in [3.8, 4) is 23.0 Å². The van der Waals surface area contributed by atoms with Crippen LogP contribution in [0, 0.1) is 5.92 Å². The topological polar surface area (TPSA) is 221 Å². The Kier molecular flexibility index (Phi) is 14.6. The minimum absolute atomic E-state index is 0.00253. The minimum atomic E-state index is -3.60. The average Bonchev–Trinajstić information content (AvgIpc) is 4.00. The van der Waals surface area contributed by atoms with E-state index in [9.17, 15) is 40.8 Å². The van der Waals surface area contributed by atoms with Gasteiger partial charge in [0.05, 0.1) is 79.1 Å². The van der Waals surface area contributed by atoms with Gasteiger partial charge in [-0.1, -0.05) is 30.3 Å². The van der Waals surface area contributed by atoms with E-state index in [0.717, 1.165) is 35.8 Å². The maximum absolute atomic E-state index is 13.5. The van der Waals surface area contributed by atoms with Crippen LogP contribution < -0.4 is 29.6 Å². The van der Waals surface area contributed by atoms with Crippen LogP contribution in [0.15, 0.2) is 72.8 Å². The lowest BCUT2D eigenvalue weighted by Crippen LogP contribution is -2.37. The summed E-state index contributed by atoms with van der Waals surface area (Å²) in [6, 6.07) is 18.0. The van der Waals surface area contributed by atoms with E-state index in [2.05, 4.69) is 10.6 Å². The van der Waals surface area contributed by atoms with Crippen LogP contribution >= 0.6 is 0 Å². The Bertz CT molecular complexity index is 2750.